The molecule has 108 valence electrons. The number of ether oxygens (including phenoxy) is 2. The molecule has 18 heavy (non-hydrogen) atoms. The third-order valence-corrected chi connectivity index (χ3v) is 2.71. The molecule has 0 radical (unpaired) electrons. The SMILES string of the molecule is CCOC(CCNC(=O)CCCCCCl)OCC. The summed E-state index contributed by atoms with van der Waals surface area (Å²) in [4.78, 5) is 11.5. The van der Waals surface area contributed by atoms with Gasteiger partial charge in [-0.15, -0.1) is 11.6 Å². The Morgan fingerprint density at radius 1 is 1.17 bits per heavy atom. The van der Waals surface area contributed by atoms with E-state index >= 15 is 0 Å². The predicted molar refractivity (Wildman–Crippen MR) is 73.9 cm³/mol. The minimum Gasteiger partial charge on any atom is -0.356 e. The summed E-state index contributed by atoms with van der Waals surface area (Å²) < 4.78 is 10.8. The molecule has 5 heteroatoms. The van der Waals surface area contributed by atoms with Crippen LogP contribution >= 0.6 is 11.6 Å². The molecule has 0 aromatic carbocycles. The van der Waals surface area contributed by atoms with Gasteiger partial charge in [0.2, 0.25) is 5.91 Å². The number of carbonyl (C=O) groups is 1. The number of halogens is 1. The third-order valence-electron chi connectivity index (χ3n) is 2.44. The third kappa shape index (κ3) is 10.8. The van der Waals surface area contributed by atoms with Crippen LogP contribution in [0.4, 0.5) is 0 Å². The van der Waals surface area contributed by atoms with Gasteiger partial charge in [0, 0.05) is 38.5 Å². The molecular formula is C13H26ClNO3. The van der Waals surface area contributed by atoms with E-state index in [9.17, 15) is 4.79 Å². The fourth-order valence-corrected chi connectivity index (χ4v) is 1.75. The van der Waals surface area contributed by atoms with Crippen molar-refractivity contribution >= 4 is 17.5 Å². The first kappa shape index (κ1) is 17.7. The second-order valence-electron chi connectivity index (χ2n) is 3.98. The summed E-state index contributed by atoms with van der Waals surface area (Å²) in [6.07, 6.45) is 3.94. The highest BCUT2D eigenvalue weighted by Crippen LogP contribution is 2.02. The minimum absolute atomic E-state index is 0.0938. The lowest BCUT2D eigenvalue weighted by Gasteiger charge is -2.16. The van der Waals surface area contributed by atoms with Crippen molar-refractivity contribution in [3.05, 3.63) is 0 Å². The van der Waals surface area contributed by atoms with Crippen LogP contribution in [0.15, 0.2) is 0 Å². The highest BCUT2D eigenvalue weighted by Gasteiger charge is 2.08. The Balaban J connectivity index is 3.52. The largest absolute Gasteiger partial charge is 0.356 e. The number of hydrogen-bond donors (Lipinski definition) is 1. The van der Waals surface area contributed by atoms with Gasteiger partial charge in [-0.3, -0.25) is 4.79 Å². The first-order valence-electron chi connectivity index (χ1n) is 6.80. The predicted octanol–water partition coefficient (Wildman–Crippen LogP) is 2.69. The van der Waals surface area contributed by atoms with Crippen LogP contribution in [0, 0.1) is 0 Å². The van der Waals surface area contributed by atoms with Gasteiger partial charge in [-0.25, -0.2) is 0 Å². The van der Waals surface area contributed by atoms with Gasteiger partial charge in [-0.1, -0.05) is 6.42 Å². The number of nitrogens with one attached hydrogen (secondary N) is 1. The van der Waals surface area contributed by atoms with E-state index in [1.54, 1.807) is 0 Å². The molecule has 0 aliphatic carbocycles. The van der Waals surface area contributed by atoms with Crippen molar-refractivity contribution in [3.63, 3.8) is 0 Å². The summed E-state index contributed by atoms with van der Waals surface area (Å²) in [6.45, 7) is 5.70. The summed E-state index contributed by atoms with van der Waals surface area (Å²) in [5, 5.41) is 2.87. The highest BCUT2D eigenvalue weighted by atomic mass is 35.5. The topological polar surface area (TPSA) is 47.6 Å². The molecule has 0 atom stereocenters. The fraction of sp³-hybridized carbons (Fsp3) is 0.923. The summed E-state index contributed by atoms with van der Waals surface area (Å²) in [5.41, 5.74) is 0. The van der Waals surface area contributed by atoms with E-state index in [0.29, 0.717) is 38.5 Å². The van der Waals surface area contributed by atoms with Gasteiger partial charge >= 0.3 is 0 Å². The van der Waals surface area contributed by atoms with E-state index in [0.717, 1.165) is 19.3 Å². The maximum absolute atomic E-state index is 11.5. The maximum atomic E-state index is 11.5. The molecule has 0 unspecified atom stereocenters. The Morgan fingerprint density at radius 3 is 2.39 bits per heavy atom. The minimum atomic E-state index is -0.212. The van der Waals surface area contributed by atoms with Gasteiger partial charge in [0.05, 0.1) is 0 Å². The number of unbranched alkanes of at least 4 members (excludes halogenated alkanes) is 2. The average molecular weight is 280 g/mol. The van der Waals surface area contributed by atoms with Gasteiger partial charge in [-0.05, 0) is 26.7 Å². The number of amides is 1. The fourth-order valence-electron chi connectivity index (χ4n) is 1.56. The maximum Gasteiger partial charge on any atom is 0.219 e. The molecule has 0 aliphatic rings. The monoisotopic (exact) mass is 279 g/mol. The molecule has 0 bridgehead atoms. The van der Waals surface area contributed by atoms with E-state index in [1.165, 1.54) is 0 Å². The smallest absolute Gasteiger partial charge is 0.219 e. The van der Waals surface area contributed by atoms with E-state index in [-0.39, 0.29) is 12.2 Å². The van der Waals surface area contributed by atoms with Crippen molar-refractivity contribution in [1.82, 2.24) is 5.32 Å². The van der Waals surface area contributed by atoms with E-state index in [2.05, 4.69) is 5.32 Å². The van der Waals surface area contributed by atoms with Crippen LogP contribution in [0.25, 0.3) is 0 Å². The normalized spacial score (nSPS) is 10.9. The Hall–Kier alpha value is -0.320. The summed E-state index contributed by atoms with van der Waals surface area (Å²) in [6, 6.07) is 0. The number of alkyl halides is 1. The molecule has 0 heterocycles. The van der Waals surface area contributed by atoms with E-state index in [1.807, 2.05) is 13.8 Å². The summed E-state index contributed by atoms with van der Waals surface area (Å²) in [7, 11) is 0. The van der Waals surface area contributed by atoms with Crippen LogP contribution in [0.5, 0.6) is 0 Å². The molecule has 0 rings (SSSR count). The Morgan fingerprint density at radius 2 is 1.83 bits per heavy atom. The molecule has 0 aromatic heterocycles. The molecular weight excluding hydrogens is 254 g/mol. The molecule has 0 aliphatic heterocycles. The molecule has 0 saturated heterocycles. The van der Waals surface area contributed by atoms with Crippen molar-refractivity contribution in [2.75, 3.05) is 25.6 Å². The van der Waals surface area contributed by atoms with Crippen LogP contribution in [0.1, 0.15) is 46.0 Å². The molecule has 0 fully saturated rings. The Labute approximate surface area is 115 Å². The second-order valence-corrected chi connectivity index (χ2v) is 4.36. The van der Waals surface area contributed by atoms with Crippen LogP contribution in [0.2, 0.25) is 0 Å². The van der Waals surface area contributed by atoms with Crippen molar-refractivity contribution in [2.24, 2.45) is 0 Å². The number of rotatable bonds is 12. The van der Waals surface area contributed by atoms with Crippen molar-refractivity contribution in [3.8, 4) is 0 Å². The van der Waals surface area contributed by atoms with Gasteiger partial charge in [-0.2, -0.15) is 0 Å². The molecule has 0 aromatic rings. The molecule has 4 nitrogen and oxygen atoms in total. The molecule has 0 saturated carbocycles. The van der Waals surface area contributed by atoms with Crippen molar-refractivity contribution in [1.29, 1.82) is 0 Å². The first-order valence-corrected chi connectivity index (χ1v) is 7.33. The highest BCUT2D eigenvalue weighted by molar-refractivity contribution is 6.17. The van der Waals surface area contributed by atoms with Crippen LogP contribution in [0.3, 0.4) is 0 Å². The number of hydrogen-bond acceptors (Lipinski definition) is 3. The first-order chi connectivity index (χ1) is 8.74. The average Bonchev–Trinajstić information content (AvgIpc) is 2.35. The van der Waals surface area contributed by atoms with Crippen LogP contribution in [-0.2, 0) is 14.3 Å². The second kappa shape index (κ2) is 13.1. The van der Waals surface area contributed by atoms with Gasteiger partial charge in [0.25, 0.3) is 0 Å². The van der Waals surface area contributed by atoms with Crippen LogP contribution < -0.4 is 5.32 Å². The van der Waals surface area contributed by atoms with E-state index < -0.39 is 0 Å². The zero-order valence-electron chi connectivity index (χ0n) is 11.5. The molecule has 1 N–H and O–H groups in total. The number of carbonyl (C=O) groups excluding carboxylic acids is 1. The lowest BCUT2D eigenvalue weighted by atomic mass is 10.2. The molecule has 0 spiro atoms. The summed E-state index contributed by atoms with van der Waals surface area (Å²) >= 11 is 5.57. The van der Waals surface area contributed by atoms with Crippen molar-refractivity contribution < 1.29 is 14.3 Å². The van der Waals surface area contributed by atoms with Crippen LogP contribution in [-0.4, -0.2) is 37.8 Å². The van der Waals surface area contributed by atoms with Gasteiger partial charge in [0.1, 0.15) is 0 Å². The standard InChI is InChI=1S/C13H26ClNO3/c1-3-17-13(18-4-2)9-11-15-12(16)8-6-5-7-10-14/h13H,3-11H2,1-2H3,(H,15,16). The summed E-state index contributed by atoms with van der Waals surface area (Å²) in [5.74, 6) is 0.766. The van der Waals surface area contributed by atoms with Crippen molar-refractivity contribution in [2.45, 2.75) is 52.2 Å². The van der Waals surface area contributed by atoms with E-state index in [4.69, 9.17) is 21.1 Å². The lowest BCUT2D eigenvalue weighted by molar-refractivity contribution is -0.139. The lowest BCUT2D eigenvalue weighted by Crippen LogP contribution is -2.29. The quantitative estimate of drug-likeness (QED) is 0.339. The zero-order chi connectivity index (χ0) is 13.6. The van der Waals surface area contributed by atoms with Gasteiger partial charge < -0.3 is 14.8 Å². The zero-order valence-corrected chi connectivity index (χ0v) is 12.3. The Bertz CT molecular complexity index is 197. The van der Waals surface area contributed by atoms with Gasteiger partial charge in [0.15, 0.2) is 6.29 Å². The Kier molecular flexibility index (Phi) is 12.9. The molecule has 1 amide bonds.